The van der Waals surface area contributed by atoms with E-state index in [2.05, 4.69) is 304 Å². The summed E-state index contributed by atoms with van der Waals surface area (Å²) in [4.78, 5) is 2.46. The maximum atomic E-state index is 6.30. The van der Waals surface area contributed by atoms with Crippen molar-refractivity contribution in [2.45, 2.75) is 63.7 Å². The molecule has 0 radical (unpaired) electrons. The predicted molar refractivity (Wildman–Crippen MR) is 357 cm³/mol. The van der Waals surface area contributed by atoms with Crippen molar-refractivity contribution in [3.63, 3.8) is 0 Å². The highest BCUT2D eigenvalue weighted by Crippen LogP contribution is 2.56. The largest absolute Gasteiger partial charge is 0.494 e. The second kappa shape index (κ2) is 22.9. The molecule has 3 heteroatoms. The molecule has 0 saturated heterocycles. The summed E-state index contributed by atoms with van der Waals surface area (Å²) < 4.78 is 8.70. The normalized spacial score (nSPS) is 13.6. The third-order valence-electron chi connectivity index (χ3n) is 17.4. The number of fused-ring (bicyclic) bond motifs is 6. The maximum absolute atomic E-state index is 6.30. The van der Waals surface area contributed by atoms with Gasteiger partial charge in [0.2, 0.25) is 0 Å². The Balaban J connectivity index is 0.822. The van der Waals surface area contributed by atoms with Crippen molar-refractivity contribution in [2.75, 3.05) is 11.5 Å². The standard InChI is InChI=1S/C81H70N2O/c1-6-57-26-30-59(31-27-57)60-36-47-71(48-37-60)84-53-19-9-8-18-52-81(66-20-12-10-13-21-66)76-25-17-16-24-72(76)73-49-46-70(56-77(73)81)82(69-44-40-65(41-45-69)80(3,4)5)68-42-34-62(35-43-68)64-39-51-79-75(55-64)74-54-63(61-32-28-58(7-2)29-33-61)38-50-78(74)83(79)67-22-14-11-15-23-67/h6-7,10-17,20-51,54-56H,1-2,8-9,18-19,52-53H2,3-5H3. The summed E-state index contributed by atoms with van der Waals surface area (Å²) in [7, 11) is 0. The van der Waals surface area contributed by atoms with Gasteiger partial charge in [0, 0.05) is 38.9 Å². The van der Waals surface area contributed by atoms with E-state index >= 15 is 0 Å². The minimum absolute atomic E-state index is 0.0197. The van der Waals surface area contributed by atoms with Crippen LogP contribution < -0.4 is 9.64 Å². The van der Waals surface area contributed by atoms with Crippen LogP contribution in [0.3, 0.4) is 0 Å². The number of unbranched alkanes of at least 4 members (excludes halogenated alkanes) is 3. The lowest BCUT2D eigenvalue weighted by molar-refractivity contribution is 0.304. The Morgan fingerprint density at radius 3 is 1.49 bits per heavy atom. The molecule has 13 rings (SSSR count). The lowest BCUT2D eigenvalue weighted by atomic mass is 9.69. The van der Waals surface area contributed by atoms with E-state index in [0.29, 0.717) is 6.61 Å². The van der Waals surface area contributed by atoms with Crippen molar-refractivity contribution in [2.24, 2.45) is 0 Å². The van der Waals surface area contributed by atoms with E-state index in [1.165, 1.54) is 88.6 Å². The number of nitrogens with zero attached hydrogens (tertiary/aromatic N) is 2. The molecule has 0 spiro atoms. The van der Waals surface area contributed by atoms with Gasteiger partial charge < -0.3 is 14.2 Å². The fourth-order valence-electron chi connectivity index (χ4n) is 12.9. The molecule has 1 heterocycles. The SMILES string of the molecule is C=Cc1ccc(-c2ccc(OCCCCCCC3(c4ccccc4)c4ccccc4-c4ccc(N(c5ccc(-c6ccc7c(c6)c6cc(-c8ccc(C=C)cc8)ccc6n7-c6ccccc6)cc5)c5ccc(C(C)(C)C)cc5)cc43)cc2)cc1. The Kier molecular flexibility index (Phi) is 14.6. The van der Waals surface area contributed by atoms with Crippen molar-refractivity contribution in [3.8, 4) is 55.9 Å². The van der Waals surface area contributed by atoms with Crippen molar-refractivity contribution in [1.29, 1.82) is 0 Å². The van der Waals surface area contributed by atoms with Gasteiger partial charge in [-0.15, -0.1) is 0 Å². The molecule has 1 unspecified atom stereocenters. The number of aromatic nitrogens is 1. The average Bonchev–Trinajstić information content (AvgIpc) is 2.19. The molecule has 12 aromatic rings. The number of anilines is 3. The average molecular weight is 1090 g/mol. The van der Waals surface area contributed by atoms with E-state index < -0.39 is 0 Å². The number of rotatable bonds is 18. The molecule has 11 aromatic carbocycles. The van der Waals surface area contributed by atoms with Crippen LogP contribution in [0.15, 0.2) is 274 Å². The summed E-state index contributed by atoms with van der Waals surface area (Å²) in [6, 6.07) is 96.4. The maximum Gasteiger partial charge on any atom is 0.119 e. The lowest BCUT2D eigenvalue weighted by Gasteiger charge is -2.34. The van der Waals surface area contributed by atoms with E-state index in [1.807, 2.05) is 12.2 Å². The predicted octanol–water partition coefficient (Wildman–Crippen LogP) is 22.2. The highest BCUT2D eigenvalue weighted by molar-refractivity contribution is 6.11. The van der Waals surface area contributed by atoms with Crippen molar-refractivity contribution >= 4 is 51.0 Å². The minimum atomic E-state index is -0.335. The number of hydrogen-bond donors (Lipinski definition) is 0. The second-order valence-corrected chi connectivity index (χ2v) is 23.6. The van der Waals surface area contributed by atoms with Crippen LogP contribution in [-0.4, -0.2) is 11.2 Å². The van der Waals surface area contributed by atoms with Crippen molar-refractivity contribution in [1.82, 2.24) is 4.57 Å². The van der Waals surface area contributed by atoms with E-state index in [-0.39, 0.29) is 10.8 Å². The molecule has 1 atom stereocenters. The zero-order valence-corrected chi connectivity index (χ0v) is 48.4. The summed E-state index contributed by atoms with van der Waals surface area (Å²) >= 11 is 0. The van der Waals surface area contributed by atoms with Gasteiger partial charge in [-0.25, -0.2) is 0 Å². The topological polar surface area (TPSA) is 17.4 Å². The molecule has 0 aliphatic heterocycles. The first-order chi connectivity index (χ1) is 41.2. The number of ether oxygens (including phenoxy) is 1. The van der Waals surface area contributed by atoms with Gasteiger partial charge >= 0.3 is 0 Å². The summed E-state index contributed by atoms with van der Waals surface area (Å²) in [5.41, 5.74) is 23.9. The first kappa shape index (κ1) is 53.6. The monoisotopic (exact) mass is 1090 g/mol. The molecule has 1 aliphatic carbocycles. The Morgan fingerprint density at radius 1 is 0.429 bits per heavy atom. The molecule has 0 saturated carbocycles. The fourth-order valence-corrected chi connectivity index (χ4v) is 12.9. The zero-order valence-electron chi connectivity index (χ0n) is 48.4. The van der Waals surface area contributed by atoms with Crippen LogP contribution in [0, 0.1) is 0 Å². The van der Waals surface area contributed by atoms with Gasteiger partial charge in [0.05, 0.1) is 17.6 Å². The Hall–Kier alpha value is -9.70. The molecular formula is C81H70N2O. The molecule has 0 fully saturated rings. The van der Waals surface area contributed by atoms with Gasteiger partial charge in [0.25, 0.3) is 0 Å². The van der Waals surface area contributed by atoms with Crippen LogP contribution in [0.1, 0.15) is 86.3 Å². The minimum Gasteiger partial charge on any atom is -0.494 e. The third-order valence-corrected chi connectivity index (χ3v) is 17.4. The van der Waals surface area contributed by atoms with E-state index in [1.54, 1.807) is 0 Å². The molecule has 1 aliphatic rings. The molecule has 1 aromatic heterocycles. The molecular weight excluding hydrogens is 1020 g/mol. The zero-order chi connectivity index (χ0) is 57.2. The highest BCUT2D eigenvalue weighted by Gasteiger charge is 2.44. The van der Waals surface area contributed by atoms with Gasteiger partial charge in [-0.3, -0.25) is 0 Å². The van der Waals surface area contributed by atoms with Crippen LogP contribution in [0.2, 0.25) is 0 Å². The van der Waals surface area contributed by atoms with Gasteiger partial charge in [0.15, 0.2) is 0 Å². The van der Waals surface area contributed by atoms with Gasteiger partial charge in [-0.1, -0.05) is 241 Å². The van der Waals surface area contributed by atoms with E-state index in [4.69, 9.17) is 4.74 Å². The van der Waals surface area contributed by atoms with Crippen LogP contribution >= 0.6 is 0 Å². The molecule has 0 bridgehead atoms. The molecule has 0 N–H and O–H groups in total. The first-order valence-electron chi connectivity index (χ1n) is 29.8. The molecule has 84 heavy (non-hydrogen) atoms. The van der Waals surface area contributed by atoms with Gasteiger partial charge in [-0.05, 0) is 181 Å². The first-order valence-corrected chi connectivity index (χ1v) is 29.8. The summed E-state index contributed by atoms with van der Waals surface area (Å²) in [6.07, 6.45) is 9.06. The molecule has 3 nitrogen and oxygen atoms in total. The van der Waals surface area contributed by atoms with Crippen molar-refractivity contribution in [3.05, 3.63) is 307 Å². The van der Waals surface area contributed by atoms with Gasteiger partial charge in [0.1, 0.15) is 5.75 Å². The Labute approximate surface area is 496 Å². The van der Waals surface area contributed by atoms with Crippen LogP contribution in [-0.2, 0) is 10.8 Å². The number of para-hydroxylation sites is 1. The van der Waals surface area contributed by atoms with Crippen LogP contribution in [0.25, 0.3) is 84.2 Å². The Bertz CT molecular complexity index is 4300. The molecule has 410 valence electrons. The summed E-state index contributed by atoms with van der Waals surface area (Å²) in [6.45, 7) is 15.4. The molecule has 0 amide bonds. The smallest absolute Gasteiger partial charge is 0.119 e. The second-order valence-electron chi connectivity index (χ2n) is 23.6. The Morgan fingerprint density at radius 2 is 0.905 bits per heavy atom. The summed E-state index contributed by atoms with van der Waals surface area (Å²) in [5.74, 6) is 0.914. The fraction of sp³-hybridized carbons (Fsp3) is 0.136. The summed E-state index contributed by atoms with van der Waals surface area (Å²) in [5, 5.41) is 2.45. The lowest BCUT2D eigenvalue weighted by Crippen LogP contribution is -2.27. The number of hydrogen-bond acceptors (Lipinski definition) is 2. The number of benzene rings is 11. The van der Waals surface area contributed by atoms with Gasteiger partial charge in [-0.2, -0.15) is 0 Å². The third kappa shape index (κ3) is 10.3. The van der Waals surface area contributed by atoms with E-state index in [0.717, 1.165) is 71.7 Å². The van der Waals surface area contributed by atoms with E-state index in [9.17, 15) is 0 Å². The van der Waals surface area contributed by atoms with Crippen LogP contribution in [0.5, 0.6) is 5.75 Å². The van der Waals surface area contributed by atoms with Crippen LogP contribution in [0.4, 0.5) is 17.1 Å². The quantitative estimate of drug-likeness (QED) is 0.0797. The highest BCUT2D eigenvalue weighted by atomic mass is 16.5. The van der Waals surface area contributed by atoms with Crippen molar-refractivity contribution < 1.29 is 4.74 Å².